The summed E-state index contributed by atoms with van der Waals surface area (Å²) in [6.07, 6.45) is 2.57. The van der Waals surface area contributed by atoms with Crippen LogP contribution in [0.2, 0.25) is 0 Å². The van der Waals surface area contributed by atoms with E-state index in [1.54, 1.807) is 0 Å². The van der Waals surface area contributed by atoms with Crippen LogP contribution in [0.5, 0.6) is 0 Å². The lowest BCUT2D eigenvalue weighted by atomic mass is 10.2. The number of hydrogen-bond donors (Lipinski definition) is 1. The Labute approximate surface area is 71.4 Å². The van der Waals surface area contributed by atoms with Gasteiger partial charge in [0.1, 0.15) is 6.79 Å². The zero-order valence-electron chi connectivity index (χ0n) is 8.61. The highest BCUT2D eigenvalue weighted by molar-refractivity contribution is 5.10. The fraction of sp³-hybridized carbons (Fsp3) is 0.889. The maximum Gasteiger partial charge on any atom is 0.106 e. The van der Waals surface area contributed by atoms with Gasteiger partial charge in [0, 0.05) is 6.04 Å². The van der Waals surface area contributed by atoms with Crippen LogP contribution < -0.4 is 5.32 Å². The largest absolute Gasteiger partial charge is 0.317 e. The van der Waals surface area contributed by atoms with Gasteiger partial charge in [-0.2, -0.15) is 0 Å². The van der Waals surface area contributed by atoms with Gasteiger partial charge in [-0.25, -0.2) is 0 Å². The molecular formula is C9H23NO. The molecule has 0 aliphatic carbocycles. The Kier molecular flexibility index (Phi) is 34.8. The van der Waals surface area contributed by atoms with E-state index in [9.17, 15) is 0 Å². The lowest BCUT2D eigenvalue weighted by molar-refractivity contribution is -0.0979. The summed E-state index contributed by atoms with van der Waals surface area (Å²) in [7, 11) is 2.00. The summed E-state index contributed by atoms with van der Waals surface area (Å²) in [5, 5.41) is 3.17. The molecule has 0 aromatic heterocycles. The Morgan fingerprint density at radius 3 is 1.82 bits per heavy atom. The van der Waals surface area contributed by atoms with E-state index in [2.05, 4.69) is 19.2 Å². The first-order chi connectivity index (χ1) is 5.31. The summed E-state index contributed by atoms with van der Waals surface area (Å²) in [6.45, 7) is 10.4. The van der Waals surface area contributed by atoms with Gasteiger partial charge in [0.05, 0.1) is 0 Å². The minimum atomic E-state index is 0.699. The van der Waals surface area contributed by atoms with Gasteiger partial charge in [-0.15, -0.1) is 0 Å². The molecule has 0 saturated carbocycles. The van der Waals surface area contributed by atoms with Crippen molar-refractivity contribution in [3.63, 3.8) is 0 Å². The Morgan fingerprint density at radius 2 is 1.73 bits per heavy atom. The van der Waals surface area contributed by atoms with Crippen LogP contribution in [-0.2, 0) is 4.79 Å². The van der Waals surface area contributed by atoms with Crippen LogP contribution in [0, 0.1) is 0 Å². The number of nitrogens with one attached hydrogen (secondary N) is 1. The van der Waals surface area contributed by atoms with E-state index in [1.807, 2.05) is 27.7 Å². The molecule has 0 fully saturated rings. The fourth-order valence-electron chi connectivity index (χ4n) is 0.577. The van der Waals surface area contributed by atoms with Crippen LogP contribution >= 0.6 is 0 Å². The molecule has 0 saturated heterocycles. The maximum atomic E-state index is 8.00. The first-order valence-electron chi connectivity index (χ1n) is 4.27. The standard InChI is InChI=1S/C6H15N.C2H6.CH2O/c1-4-5-6(2)7-3;2*1-2/h6-7H,4-5H2,1-3H3;1-2H3;1H2. The van der Waals surface area contributed by atoms with E-state index in [-0.39, 0.29) is 0 Å². The molecule has 0 rings (SSSR count). The van der Waals surface area contributed by atoms with Gasteiger partial charge >= 0.3 is 0 Å². The smallest absolute Gasteiger partial charge is 0.106 e. The summed E-state index contributed by atoms with van der Waals surface area (Å²) in [6, 6.07) is 0.699. The topological polar surface area (TPSA) is 29.1 Å². The second kappa shape index (κ2) is 22.6. The highest BCUT2D eigenvalue weighted by atomic mass is 16.1. The Morgan fingerprint density at radius 1 is 1.36 bits per heavy atom. The monoisotopic (exact) mass is 161 g/mol. The van der Waals surface area contributed by atoms with Crippen LogP contribution in [0.15, 0.2) is 0 Å². The third kappa shape index (κ3) is 26.2. The normalized spacial score (nSPS) is 9.91. The summed E-state index contributed by atoms with van der Waals surface area (Å²) in [5.41, 5.74) is 0. The predicted octanol–water partition coefficient (Wildman–Crippen LogP) is 2.24. The Hall–Kier alpha value is -0.370. The minimum absolute atomic E-state index is 0.699. The van der Waals surface area contributed by atoms with Crippen molar-refractivity contribution in [2.75, 3.05) is 7.05 Å². The first kappa shape index (κ1) is 16.9. The van der Waals surface area contributed by atoms with Crippen LogP contribution in [0.3, 0.4) is 0 Å². The molecular weight excluding hydrogens is 138 g/mol. The molecule has 0 aromatic carbocycles. The lowest BCUT2D eigenvalue weighted by Gasteiger charge is -2.05. The van der Waals surface area contributed by atoms with E-state index < -0.39 is 0 Å². The molecule has 0 aliphatic heterocycles. The molecule has 0 radical (unpaired) electrons. The minimum Gasteiger partial charge on any atom is -0.317 e. The number of carbonyl (C=O) groups is 1. The zero-order valence-corrected chi connectivity index (χ0v) is 8.61. The predicted molar refractivity (Wildman–Crippen MR) is 51.9 cm³/mol. The highest BCUT2D eigenvalue weighted by Gasteiger charge is 1.91. The first-order valence-corrected chi connectivity index (χ1v) is 4.27. The van der Waals surface area contributed by atoms with Crippen molar-refractivity contribution in [2.24, 2.45) is 0 Å². The van der Waals surface area contributed by atoms with Crippen molar-refractivity contribution in [1.29, 1.82) is 0 Å². The molecule has 1 atom stereocenters. The van der Waals surface area contributed by atoms with Crippen molar-refractivity contribution < 1.29 is 4.79 Å². The average molecular weight is 161 g/mol. The maximum absolute atomic E-state index is 8.00. The number of rotatable bonds is 3. The van der Waals surface area contributed by atoms with Gasteiger partial charge in [0.25, 0.3) is 0 Å². The third-order valence-electron chi connectivity index (χ3n) is 1.21. The molecule has 0 heterocycles. The van der Waals surface area contributed by atoms with E-state index in [0.29, 0.717) is 6.04 Å². The van der Waals surface area contributed by atoms with Gasteiger partial charge in [0.15, 0.2) is 0 Å². The second-order valence-electron chi connectivity index (χ2n) is 1.98. The van der Waals surface area contributed by atoms with Gasteiger partial charge in [-0.1, -0.05) is 27.2 Å². The molecule has 0 aromatic rings. The summed E-state index contributed by atoms with van der Waals surface area (Å²) in [5.74, 6) is 0. The molecule has 0 spiro atoms. The van der Waals surface area contributed by atoms with Crippen molar-refractivity contribution in [1.82, 2.24) is 5.32 Å². The molecule has 70 valence electrons. The Bertz CT molecular complexity index is 48.8. The summed E-state index contributed by atoms with van der Waals surface area (Å²) < 4.78 is 0. The molecule has 1 N–H and O–H groups in total. The van der Waals surface area contributed by atoms with Crippen LogP contribution in [-0.4, -0.2) is 19.9 Å². The fourth-order valence-corrected chi connectivity index (χ4v) is 0.577. The van der Waals surface area contributed by atoms with Crippen molar-refractivity contribution in [3.8, 4) is 0 Å². The van der Waals surface area contributed by atoms with Gasteiger partial charge in [0.2, 0.25) is 0 Å². The molecule has 0 aliphatic rings. The van der Waals surface area contributed by atoms with Gasteiger partial charge in [-0.3, -0.25) is 0 Å². The number of carbonyl (C=O) groups excluding carboxylic acids is 1. The molecule has 0 bridgehead atoms. The summed E-state index contributed by atoms with van der Waals surface area (Å²) in [4.78, 5) is 8.00. The molecule has 11 heavy (non-hydrogen) atoms. The zero-order chi connectivity index (χ0) is 9.70. The molecule has 2 heteroatoms. The molecule has 1 unspecified atom stereocenters. The van der Waals surface area contributed by atoms with Gasteiger partial charge in [-0.05, 0) is 20.4 Å². The lowest BCUT2D eigenvalue weighted by Crippen LogP contribution is -2.20. The van der Waals surface area contributed by atoms with Crippen molar-refractivity contribution in [2.45, 2.75) is 46.6 Å². The van der Waals surface area contributed by atoms with E-state index >= 15 is 0 Å². The van der Waals surface area contributed by atoms with Gasteiger partial charge < -0.3 is 10.1 Å². The van der Waals surface area contributed by atoms with E-state index in [1.165, 1.54) is 12.8 Å². The molecule has 2 nitrogen and oxygen atoms in total. The van der Waals surface area contributed by atoms with E-state index in [4.69, 9.17) is 4.79 Å². The quantitative estimate of drug-likeness (QED) is 0.687. The SMILES string of the molecule is C=O.CC.CCCC(C)NC. The van der Waals surface area contributed by atoms with Crippen LogP contribution in [0.1, 0.15) is 40.5 Å². The second-order valence-corrected chi connectivity index (χ2v) is 1.98. The van der Waals surface area contributed by atoms with E-state index in [0.717, 1.165) is 0 Å². The van der Waals surface area contributed by atoms with Crippen LogP contribution in [0.4, 0.5) is 0 Å². The van der Waals surface area contributed by atoms with Crippen LogP contribution in [0.25, 0.3) is 0 Å². The third-order valence-corrected chi connectivity index (χ3v) is 1.21. The average Bonchev–Trinajstić information content (AvgIpc) is 2.12. The van der Waals surface area contributed by atoms with Crippen molar-refractivity contribution in [3.05, 3.63) is 0 Å². The number of hydrogen-bond acceptors (Lipinski definition) is 2. The van der Waals surface area contributed by atoms with Crippen molar-refractivity contribution >= 4 is 6.79 Å². The molecule has 0 amide bonds. The highest BCUT2D eigenvalue weighted by Crippen LogP contribution is 1.91. The summed E-state index contributed by atoms with van der Waals surface area (Å²) >= 11 is 0. The Balaban J connectivity index is -0.000000138.